The third-order valence-corrected chi connectivity index (χ3v) is 3.53. The fraction of sp³-hybridized carbons (Fsp3) is 0.200. The molecule has 0 radical (unpaired) electrons. The molecule has 0 unspecified atom stereocenters. The van der Waals surface area contributed by atoms with Gasteiger partial charge in [-0.25, -0.2) is 0 Å². The molecule has 0 fully saturated rings. The smallest absolute Gasteiger partial charge is 0.244 e. The molecule has 130 valence electrons. The van der Waals surface area contributed by atoms with Crippen LogP contribution in [0.3, 0.4) is 0 Å². The zero-order valence-electron chi connectivity index (χ0n) is 14.4. The van der Waals surface area contributed by atoms with Crippen LogP contribution in [0.1, 0.15) is 18.1 Å². The van der Waals surface area contributed by atoms with E-state index >= 15 is 0 Å². The highest BCUT2D eigenvalue weighted by Gasteiger charge is 1.98. The number of carbonyl (C=O) groups is 2. The third kappa shape index (κ3) is 6.51. The fourth-order valence-corrected chi connectivity index (χ4v) is 2.23. The average Bonchev–Trinajstić information content (AvgIpc) is 2.61. The van der Waals surface area contributed by atoms with Crippen LogP contribution in [0.5, 0.6) is 5.75 Å². The molecule has 2 rings (SSSR count). The second-order valence-electron chi connectivity index (χ2n) is 5.53. The summed E-state index contributed by atoms with van der Waals surface area (Å²) in [6.45, 7) is 2.03. The van der Waals surface area contributed by atoms with E-state index in [1.807, 2.05) is 36.4 Å². The van der Waals surface area contributed by atoms with E-state index in [1.165, 1.54) is 13.0 Å². The van der Waals surface area contributed by atoms with Crippen molar-refractivity contribution in [3.63, 3.8) is 0 Å². The van der Waals surface area contributed by atoms with Gasteiger partial charge in [-0.05, 0) is 47.9 Å². The summed E-state index contributed by atoms with van der Waals surface area (Å²) in [5, 5.41) is 5.55. The zero-order valence-corrected chi connectivity index (χ0v) is 14.4. The number of rotatable bonds is 7. The minimum atomic E-state index is -0.139. The van der Waals surface area contributed by atoms with Gasteiger partial charge in [0.15, 0.2) is 0 Å². The Morgan fingerprint density at radius 1 is 1.04 bits per heavy atom. The number of methoxy groups -OCH3 is 1. The summed E-state index contributed by atoms with van der Waals surface area (Å²) < 4.78 is 5.11. The van der Waals surface area contributed by atoms with Gasteiger partial charge >= 0.3 is 0 Å². The topological polar surface area (TPSA) is 67.4 Å². The predicted octanol–water partition coefficient (Wildman–Crippen LogP) is 3.03. The molecule has 0 saturated carbocycles. The summed E-state index contributed by atoms with van der Waals surface area (Å²) in [5.41, 5.74) is 2.76. The molecule has 0 spiro atoms. The normalized spacial score (nSPS) is 10.5. The Kier molecular flexibility index (Phi) is 6.77. The van der Waals surface area contributed by atoms with Gasteiger partial charge in [-0.3, -0.25) is 9.59 Å². The van der Waals surface area contributed by atoms with Gasteiger partial charge in [-0.2, -0.15) is 0 Å². The molecule has 0 atom stereocenters. The van der Waals surface area contributed by atoms with Crippen LogP contribution in [-0.2, 0) is 16.0 Å². The van der Waals surface area contributed by atoms with E-state index in [0.29, 0.717) is 6.54 Å². The summed E-state index contributed by atoms with van der Waals surface area (Å²) in [7, 11) is 1.63. The first-order valence-corrected chi connectivity index (χ1v) is 8.03. The van der Waals surface area contributed by atoms with Gasteiger partial charge in [0, 0.05) is 25.2 Å². The van der Waals surface area contributed by atoms with Crippen molar-refractivity contribution in [1.29, 1.82) is 0 Å². The summed E-state index contributed by atoms with van der Waals surface area (Å²) >= 11 is 0. The van der Waals surface area contributed by atoms with E-state index < -0.39 is 0 Å². The van der Waals surface area contributed by atoms with E-state index in [0.717, 1.165) is 29.0 Å². The predicted molar refractivity (Wildman–Crippen MR) is 99.5 cm³/mol. The molecule has 0 bridgehead atoms. The lowest BCUT2D eigenvalue weighted by Gasteiger charge is -2.04. The minimum absolute atomic E-state index is 0.112. The highest BCUT2D eigenvalue weighted by atomic mass is 16.5. The molecule has 5 nitrogen and oxygen atoms in total. The van der Waals surface area contributed by atoms with E-state index in [9.17, 15) is 9.59 Å². The Hall–Kier alpha value is -3.08. The van der Waals surface area contributed by atoms with Crippen molar-refractivity contribution in [3.05, 3.63) is 65.7 Å². The SMILES string of the molecule is COc1ccc(CCNC(=O)/C=C/c2ccc(NC(C)=O)cc2)cc1. The first-order valence-electron chi connectivity index (χ1n) is 8.03. The molecular formula is C20H22N2O3. The standard InChI is InChI=1S/C20H22N2O3/c1-15(23)22-18-8-3-16(4-9-18)7-12-20(24)21-14-13-17-5-10-19(25-2)11-6-17/h3-12H,13-14H2,1-2H3,(H,21,24)(H,22,23)/b12-7+. The van der Waals surface area contributed by atoms with Crippen molar-refractivity contribution in [2.45, 2.75) is 13.3 Å². The lowest BCUT2D eigenvalue weighted by molar-refractivity contribution is -0.116. The van der Waals surface area contributed by atoms with Crippen molar-refractivity contribution in [2.24, 2.45) is 0 Å². The molecule has 0 aliphatic heterocycles. The maximum absolute atomic E-state index is 11.8. The maximum Gasteiger partial charge on any atom is 0.244 e. The van der Waals surface area contributed by atoms with Crippen LogP contribution in [0.25, 0.3) is 6.08 Å². The van der Waals surface area contributed by atoms with Gasteiger partial charge in [0.2, 0.25) is 11.8 Å². The number of hydrogen-bond acceptors (Lipinski definition) is 3. The van der Waals surface area contributed by atoms with Crippen LogP contribution in [0.4, 0.5) is 5.69 Å². The molecule has 0 aliphatic rings. The van der Waals surface area contributed by atoms with Gasteiger partial charge in [0.25, 0.3) is 0 Å². The van der Waals surface area contributed by atoms with Crippen molar-refractivity contribution in [1.82, 2.24) is 5.32 Å². The number of amides is 2. The molecule has 0 aromatic heterocycles. The quantitative estimate of drug-likeness (QED) is 0.763. The number of nitrogens with one attached hydrogen (secondary N) is 2. The number of benzene rings is 2. The van der Waals surface area contributed by atoms with Crippen LogP contribution < -0.4 is 15.4 Å². The molecule has 0 saturated heterocycles. The Bertz CT molecular complexity index is 735. The molecule has 5 heteroatoms. The monoisotopic (exact) mass is 338 g/mol. The van der Waals surface area contributed by atoms with Gasteiger partial charge < -0.3 is 15.4 Å². The molecule has 0 heterocycles. The molecule has 2 aromatic carbocycles. The number of hydrogen-bond donors (Lipinski definition) is 2. The Morgan fingerprint density at radius 3 is 2.32 bits per heavy atom. The summed E-state index contributed by atoms with van der Waals surface area (Å²) in [4.78, 5) is 22.8. The Labute approximate surface area is 147 Å². The van der Waals surface area contributed by atoms with Crippen LogP contribution >= 0.6 is 0 Å². The highest BCUT2D eigenvalue weighted by Crippen LogP contribution is 2.12. The van der Waals surface area contributed by atoms with E-state index in [1.54, 1.807) is 25.3 Å². The summed E-state index contributed by atoms with van der Waals surface area (Å²) in [6.07, 6.45) is 4.00. The maximum atomic E-state index is 11.8. The molecule has 2 N–H and O–H groups in total. The molecule has 2 amide bonds. The lowest BCUT2D eigenvalue weighted by atomic mass is 10.1. The first-order chi connectivity index (χ1) is 12.1. The van der Waals surface area contributed by atoms with E-state index in [4.69, 9.17) is 4.74 Å². The van der Waals surface area contributed by atoms with Gasteiger partial charge in [-0.1, -0.05) is 24.3 Å². The van der Waals surface area contributed by atoms with Crippen LogP contribution in [0.2, 0.25) is 0 Å². The van der Waals surface area contributed by atoms with Crippen molar-refractivity contribution >= 4 is 23.6 Å². The molecule has 25 heavy (non-hydrogen) atoms. The van der Waals surface area contributed by atoms with Crippen molar-refractivity contribution in [3.8, 4) is 5.75 Å². The molecule has 0 aliphatic carbocycles. The second-order valence-corrected chi connectivity index (χ2v) is 5.53. The average molecular weight is 338 g/mol. The van der Waals surface area contributed by atoms with Gasteiger partial charge in [0.05, 0.1) is 7.11 Å². The Morgan fingerprint density at radius 2 is 1.72 bits per heavy atom. The van der Waals surface area contributed by atoms with E-state index in [2.05, 4.69) is 10.6 Å². The number of ether oxygens (including phenoxy) is 1. The molecule has 2 aromatic rings. The van der Waals surface area contributed by atoms with Crippen LogP contribution in [-0.4, -0.2) is 25.5 Å². The summed E-state index contributed by atoms with van der Waals surface area (Å²) in [6, 6.07) is 15.0. The lowest BCUT2D eigenvalue weighted by Crippen LogP contribution is -2.23. The highest BCUT2D eigenvalue weighted by molar-refractivity contribution is 5.92. The second kappa shape index (κ2) is 9.27. The van der Waals surface area contributed by atoms with Crippen LogP contribution in [0, 0.1) is 0 Å². The number of carbonyl (C=O) groups excluding carboxylic acids is 2. The van der Waals surface area contributed by atoms with E-state index in [-0.39, 0.29) is 11.8 Å². The van der Waals surface area contributed by atoms with Gasteiger partial charge in [0.1, 0.15) is 5.75 Å². The van der Waals surface area contributed by atoms with Crippen molar-refractivity contribution in [2.75, 3.05) is 19.0 Å². The van der Waals surface area contributed by atoms with Crippen molar-refractivity contribution < 1.29 is 14.3 Å². The molecular weight excluding hydrogens is 316 g/mol. The largest absolute Gasteiger partial charge is 0.497 e. The fourth-order valence-electron chi connectivity index (χ4n) is 2.23. The Balaban J connectivity index is 1.77. The minimum Gasteiger partial charge on any atom is -0.497 e. The summed E-state index contributed by atoms with van der Waals surface area (Å²) in [5.74, 6) is 0.569. The first kappa shape index (κ1) is 18.3. The third-order valence-electron chi connectivity index (χ3n) is 3.53. The zero-order chi connectivity index (χ0) is 18.1. The van der Waals surface area contributed by atoms with Gasteiger partial charge in [-0.15, -0.1) is 0 Å². The number of anilines is 1. The van der Waals surface area contributed by atoms with Crippen LogP contribution in [0.15, 0.2) is 54.6 Å².